The molecule has 1 N–H and O–H groups in total. The summed E-state index contributed by atoms with van der Waals surface area (Å²) in [7, 11) is 0. The first kappa shape index (κ1) is 27.7. The van der Waals surface area contributed by atoms with Crippen LogP contribution < -0.4 is 14.8 Å². The number of benzene rings is 2. The van der Waals surface area contributed by atoms with Crippen LogP contribution in [0.2, 0.25) is 0 Å². The number of alkyl halides is 1. The van der Waals surface area contributed by atoms with Gasteiger partial charge >= 0.3 is 5.97 Å². The Morgan fingerprint density at radius 1 is 1.12 bits per heavy atom. The number of esters is 1. The maximum Gasteiger partial charge on any atom is 0.344 e. The van der Waals surface area contributed by atoms with E-state index >= 15 is 0 Å². The molecule has 0 fully saturated rings. The van der Waals surface area contributed by atoms with E-state index in [0.717, 1.165) is 21.9 Å². The number of carbonyl (C=O) groups is 2. The molecule has 1 amide bonds. The number of halogens is 1. The molecule has 34 heavy (non-hydrogen) atoms. The highest BCUT2D eigenvalue weighted by atomic mass is 79.9. The summed E-state index contributed by atoms with van der Waals surface area (Å²) in [6.07, 6.45) is 0. The van der Waals surface area contributed by atoms with Gasteiger partial charge in [-0.1, -0.05) is 53.7 Å². The molecule has 7 nitrogen and oxygen atoms in total. The Bertz CT molecular complexity index is 997. The van der Waals surface area contributed by atoms with Crippen LogP contribution in [0.3, 0.4) is 0 Å². The quantitative estimate of drug-likeness (QED) is 0.308. The highest BCUT2D eigenvalue weighted by Gasteiger charge is 2.29. The number of aliphatic imine (C=N–C) groups is 1. The van der Waals surface area contributed by atoms with Gasteiger partial charge in [0.2, 0.25) is 5.91 Å². The summed E-state index contributed by atoms with van der Waals surface area (Å²) >= 11 is 5.32. The van der Waals surface area contributed by atoms with Gasteiger partial charge in [0, 0.05) is 12.6 Å². The van der Waals surface area contributed by atoms with Crippen molar-refractivity contribution in [2.24, 2.45) is 4.99 Å². The molecule has 2 unspecified atom stereocenters. The minimum absolute atomic E-state index is 0.0367. The zero-order valence-electron chi connectivity index (χ0n) is 20.1. The van der Waals surface area contributed by atoms with E-state index in [-0.39, 0.29) is 22.7 Å². The fourth-order valence-corrected chi connectivity index (χ4v) is 5.04. The summed E-state index contributed by atoms with van der Waals surface area (Å²) in [6, 6.07) is 13.1. The number of thioether (sulfide) groups is 1. The third-order valence-electron chi connectivity index (χ3n) is 4.51. The van der Waals surface area contributed by atoms with Crippen LogP contribution in [-0.2, 0) is 14.3 Å². The van der Waals surface area contributed by atoms with Crippen molar-refractivity contribution in [3.63, 3.8) is 0 Å². The third kappa shape index (κ3) is 8.36. The van der Waals surface area contributed by atoms with Gasteiger partial charge in [-0.25, -0.2) is 4.79 Å². The maximum absolute atomic E-state index is 11.5. The lowest BCUT2D eigenvalue weighted by Crippen LogP contribution is -2.15. The molecular weight excluding hydrogens is 520 g/mol. The highest BCUT2D eigenvalue weighted by molar-refractivity contribution is 9.11. The van der Waals surface area contributed by atoms with Gasteiger partial charge in [-0.3, -0.25) is 9.79 Å². The summed E-state index contributed by atoms with van der Waals surface area (Å²) in [5.74, 6) is 0.816. The van der Waals surface area contributed by atoms with Gasteiger partial charge in [-0.15, -0.1) is 0 Å². The number of anilines is 1. The van der Waals surface area contributed by atoms with Gasteiger partial charge < -0.3 is 19.5 Å². The number of hydrogen-bond acceptors (Lipinski definition) is 7. The van der Waals surface area contributed by atoms with E-state index in [1.807, 2.05) is 51.1 Å². The number of ether oxygens (including phenoxy) is 3. The molecule has 1 heterocycles. The molecule has 3 rings (SSSR count). The fraction of sp³-hybridized carbons (Fsp3) is 0.400. The lowest BCUT2D eigenvalue weighted by atomic mass is 10.1. The van der Waals surface area contributed by atoms with E-state index in [0.29, 0.717) is 24.7 Å². The van der Waals surface area contributed by atoms with Crippen LogP contribution in [0.25, 0.3) is 0 Å². The molecule has 0 spiro atoms. The topological polar surface area (TPSA) is 86.2 Å². The Kier molecular flexibility index (Phi) is 11.4. The number of aryl methyl sites for hydroxylation is 1. The van der Waals surface area contributed by atoms with E-state index < -0.39 is 5.97 Å². The molecule has 2 atom stereocenters. The number of carbonyl (C=O) groups excluding carboxylic acids is 2. The number of rotatable bonds is 9. The van der Waals surface area contributed by atoms with Crippen LogP contribution in [0.5, 0.6) is 11.5 Å². The Morgan fingerprint density at radius 2 is 1.82 bits per heavy atom. The summed E-state index contributed by atoms with van der Waals surface area (Å²) < 4.78 is 16.4. The Labute approximate surface area is 213 Å². The Balaban J connectivity index is 0.00000199. The van der Waals surface area contributed by atoms with Crippen molar-refractivity contribution in [2.45, 2.75) is 44.8 Å². The average molecular weight is 552 g/mol. The lowest BCUT2D eigenvalue weighted by Gasteiger charge is -2.12. The van der Waals surface area contributed by atoms with Crippen molar-refractivity contribution in [3.05, 3.63) is 53.6 Å². The molecule has 2 aromatic rings. The Morgan fingerprint density at radius 3 is 2.44 bits per heavy atom. The predicted molar refractivity (Wildman–Crippen MR) is 141 cm³/mol. The second-order valence-electron chi connectivity index (χ2n) is 7.05. The van der Waals surface area contributed by atoms with Crippen LogP contribution in [-0.4, -0.2) is 40.9 Å². The second kappa shape index (κ2) is 14.0. The molecule has 0 aromatic heterocycles. The van der Waals surface area contributed by atoms with E-state index in [9.17, 15) is 9.59 Å². The molecule has 2 aromatic carbocycles. The number of hydrogen-bond donors (Lipinski definition) is 1. The SMILES string of the molecule is CC.CCOC(=O)COc1ccc(OCC2=NC(c3ccc(NC(C)=O)cc3)C(Br)S2)cc1C. The normalized spacial score (nSPS) is 16.6. The smallest absolute Gasteiger partial charge is 0.344 e. The van der Waals surface area contributed by atoms with Crippen LogP contribution in [0.4, 0.5) is 5.69 Å². The largest absolute Gasteiger partial charge is 0.487 e. The maximum atomic E-state index is 11.5. The molecule has 1 aliphatic heterocycles. The molecule has 0 saturated heterocycles. The molecule has 1 aliphatic rings. The van der Waals surface area contributed by atoms with Crippen molar-refractivity contribution in [2.75, 3.05) is 25.1 Å². The van der Waals surface area contributed by atoms with E-state index in [2.05, 4.69) is 21.2 Å². The van der Waals surface area contributed by atoms with E-state index in [1.54, 1.807) is 30.8 Å². The zero-order chi connectivity index (χ0) is 25.1. The van der Waals surface area contributed by atoms with E-state index in [4.69, 9.17) is 19.2 Å². The first-order valence-corrected chi connectivity index (χ1v) is 12.9. The van der Waals surface area contributed by atoms with E-state index in [1.165, 1.54) is 6.92 Å². The molecule has 9 heteroatoms. The number of nitrogens with one attached hydrogen (secondary N) is 1. The molecule has 184 valence electrons. The van der Waals surface area contributed by atoms with Crippen molar-refractivity contribution in [1.29, 1.82) is 0 Å². The van der Waals surface area contributed by atoms with Crippen molar-refractivity contribution in [3.8, 4) is 11.5 Å². The number of nitrogens with zero attached hydrogens (tertiary/aromatic N) is 1. The van der Waals surface area contributed by atoms with Crippen LogP contribution >= 0.6 is 27.7 Å². The standard InChI is InChI=1S/C23H25BrN2O5S.C2H6/c1-4-29-21(28)13-31-19-10-9-18(11-14(19)2)30-12-20-26-22(23(24)32-20)16-5-7-17(8-6-16)25-15(3)27;1-2/h5-11,22-23H,4,12-13H2,1-3H3,(H,25,27);1-2H3. The molecule has 0 saturated carbocycles. The summed E-state index contributed by atoms with van der Waals surface area (Å²) in [5.41, 5.74) is 2.68. The molecule has 0 bridgehead atoms. The predicted octanol–water partition coefficient (Wildman–Crippen LogP) is 5.91. The summed E-state index contributed by atoms with van der Waals surface area (Å²) in [4.78, 5) is 27.4. The summed E-state index contributed by atoms with van der Waals surface area (Å²) in [5, 5.41) is 3.66. The molecule has 0 radical (unpaired) electrons. The van der Waals surface area contributed by atoms with Gasteiger partial charge in [0.25, 0.3) is 0 Å². The first-order chi connectivity index (χ1) is 16.4. The van der Waals surface area contributed by atoms with Crippen LogP contribution in [0, 0.1) is 6.92 Å². The zero-order valence-corrected chi connectivity index (χ0v) is 22.5. The van der Waals surface area contributed by atoms with Gasteiger partial charge in [-0.05, 0) is 55.3 Å². The molecule has 0 aliphatic carbocycles. The minimum Gasteiger partial charge on any atom is -0.487 e. The average Bonchev–Trinajstić information content (AvgIpc) is 3.19. The van der Waals surface area contributed by atoms with Crippen molar-refractivity contribution < 1.29 is 23.8 Å². The van der Waals surface area contributed by atoms with Gasteiger partial charge in [0.05, 0.1) is 16.8 Å². The minimum atomic E-state index is -0.396. The van der Waals surface area contributed by atoms with Gasteiger partial charge in [0.15, 0.2) is 6.61 Å². The highest BCUT2D eigenvalue weighted by Crippen LogP contribution is 2.41. The third-order valence-corrected chi connectivity index (χ3v) is 6.55. The van der Waals surface area contributed by atoms with Gasteiger partial charge in [-0.2, -0.15) is 0 Å². The monoisotopic (exact) mass is 550 g/mol. The van der Waals surface area contributed by atoms with Crippen molar-refractivity contribution in [1.82, 2.24) is 0 Å². The summed E-state index contributed by atoms with van der Waals surface area (Å²) in [6.45, 7) is 9.70. The fourth-order valence-electron chi connectivity index (χ4n) is 3.06. The second-order valence-corrected chi connectivity index (χ2v) is 9.86. The first-order valence-electron chi connectivity index (χ1n) is 11.1. The lowest BCUT2D eigenvalue weighted by molar-refractivity contribution is -0.145. The van der Waals surface area contributed by atoms with Crippen molar-refractivity contribution >= 4 is 50.3 Å². The molecular formula is C25H31BrN2O5S. The van der Waals surface area contributed by atoms with Crippen LogP contribution in [0.1, 0.15) is 44.9 Å². The van der Waals surface area contributed by atoms with Gasteiger partial charge in [0.1, 0.15) is 23.1 Å². The number of amides is 1. The Hall–Kier alpha value is -2.52. The van der Waals surface area contributed by atoms with Crippen LogP contribution in [0.15, 0.2) is 47.5 Å².